The Bertz CT molecular complexity index is 1470. The fourth-order valence-electron chi connectivity index (χ4n) is 5.87. The fraction of sp³-hybridized carbons (Fsp3) is 0.333. The van der Waals surface area contributed by atoms with Gasteiger partial charge < -0.3 is 14.2 Å². The second-order valence-electron chi connectivity index (χ2n) is 9.67. The third kappa shape index (κ3) is 3.99. The number of ether oxygens (including phenoxy) is 3. The molecule has 204 valence electrons. The molecule has 9 heteroatoms. The number of carbonyl (C=O) groups excluding carboxylic acids is 2. The summed E-state index contributed by atoms with van der Waals surface area (Å²) in [5, 5.41) is 0. The molecule has 2 aliphatic heterocycles. The van der Waals surface area contributed by atoms with Crippen LogP contribution in [0.4, 0.5) is 0 Å². The van der Waals surface area contributed by atoms with Gasteiger partial charge in [0, 0.05) is 6.42 Å². The van der Waals surface area contributed by atoms with E-state index in [1.165, 1.54) is 12.1 Å². The summed E-state index contributed by atoms with van der Waals surface area (Å²) >= 11 is 0. The van der Waals surface area contributed by atoms with E-state index in [9.17, 15) is 18.0 Å². The number of hydrogen-bond acceptors (Lipinski definition) is 7. The molecular weight excluding hydrogens is 518 g/mol. The number of sulfonamides is 1. The lowest BCUT2D eigenvalue weighted by atomic mass is 9.74. The van der Waals surface area contributed by atoms with Crippen molar-refractivity contribution in [3.8, 4) is 0 Å². The van der Waals surface area contributed by atoms with Crippen LogP contribution in [-0.2, 0) is 46.0 Å². The summed E-state index contributed by atoms with van der Waals surface area (Å²) in [5.74, 6) is -2.07. The Balaban J connectivity index is 1.90. The summed E-state index contributed by atoms with van der Waals surface area (Å²) in [6.45, 7) is 5.00. The molecule has 0 saturated carbocycles. The fourth-order valence-corrected chi connectivity index (χ4v) is 7.76. The lowest BCUT2D eigenvalue weighted by Gasteiger charge is -2.42. The molecule has 2 aliphatic rings. The van der Waals surface area contributed by atoms with Crippen molar-refractivity contribution in [2.45, 2.75) is 55.9 Å². The van der Waals surface area contributed by atoms with Crippen LogP contribution in [0.5, 0.6) is 0 Å². The predicted octanol–water partition coefficient (Wildman–Crippen LogP) is 4.42. The van der Waals surface area contributed by atoms with E-state index in [-0.39, 0.29) is 31.1 Å². The largest absolute Gasteiger partial charge is 0.464 e. The topological polar surface area (TPSA) is 99.2 Å². The van der Waals surface area contributed by atoms with E-state index in [0.717, 1.165) is 15.4 Å². The first-order chi connectivity index (χ1) is 18.7. The van der Waals surface area contributed by atoms with E-state index < -0.39 is 39.1 Å². The van der Waals surface area contributed by atoms with Crippen molar-refractivity contribution in [2.75, 3.05) is 13.2 Å². The van der Waals surface area contributed by atoms with Crippen molar-refractivity contribution >= 4 is 22.0 Å². The predicted molar refractivity (Wildman–Crippen MR) is 143 cm³/mol. The summed E-state index contributed by atoms with van der Waals surface area (Å²) in [6.07, 6.45) is -0.00323. The molecular formula is C30H31NO7S. The molecule has 5 rings (SSSR count). The third-order valence-corrected chi connectivity index (χ3v) is 9.42. The number of hydrogen-bond donors (Lipinski definition) is 0. The molecule has 0 amide bonds. The molecule has 1 fully saturated rings. The average Bonchev–Trinajstić information content (AvgIpc) is 3.47. The highest BCUT2D eigenvalue weighted by Crippen LogP contribution is 2.62. The van der Waals surface area contributed by atoms with E-state index in [1.54, 1.807) is 62.4 Å². The molecule has 3 aromatic rings. The Hall–Kier alpha value is -3.53. The monoisotopic (exact) mass is 549 g/mol. The van der Waals surface area contributed by atoms with Crippen LogP contribution < -0.4 is 0 Å². The maximum Gasteiger partial charge on any atom is 0.342 e. The molecule has 0 N–H and O–H groups in total. The van der Waals surface area contributed by atoms with Gasteiger partial charge in [-0.2, -0.15) is 4.31 Å². The Morgan fingerprint density at radius 2 is 1.49 bits per heavy atom. The zero-order valence-electron chi connectivity index (χ0n) is 22.1. The van der Waals surface area contributed by atoms with E-state index in [2.05, 4.69) is 0 Å². The lowest BCUT2D eigenvalue weighted by Crippen LogP contribution is -2.68. The number of esters is 2. The van der Waals surface area contributed by atoms with Gasteiger partial charge >= 0.3 is 11.9 Å². The van der Waals surface area contributed by atoms with Gasteiger partial charge in [-0.25, -0.2) is 18.0 Å². The second kappa shape index (κ2) is 10.2. The summed E-state index contributed by atoms with van der Waals surface area (Å²) in [6, 6.07) is 21.6. The van der Waals surface area contributed by atoms with Crippen LogP contribution in [0.25, 0.3) is 0 Å². The van der Waals surface area contributed by atoms with Gasteiger partial charge in [-0.1, -0.05) is 72.3 Å². The van der Waals surface area contributed by atoms with Crippen LogP contribution in [0.3, 0.4) is 0 Å². The lowest BCUT2D eigenvalue weighted by molar-refractivity contribution is -0.190. The Labute approximate surface area is 228 Å². The second-order valence-corrected chi connectivity index (χ2v) is 11.5. The van der Waals surface area contributed by atoms with Gasteiger partial charge in [0.15, 0.2) is 0 Å². The summed E-state index contributed by atoms with van der Waals surface area (Å²) < 4.78 is 47.9. The molecule has 0 aliphatic carbocycles. The van der Waals surface area contributed by atoms with E-state index in [1.807, 2.05) is 25.1 Å². The van der Waals surface area contributed by atoms with Crippen molar-refractivity contribution in [1.29, 1.82) is 0 Å². The standard InChI is InChI=1S/C30H31NO7S/c1-4-36-27(32)30(28(33)37-5-2)29(25-14-10-9-13-23(25)20-38-29)19-26(22-11-7-6-8-12-22)31(30)39(34,35)24-17-15-21(3)16-18-24/h6-18,26H,4-5,19-20H2,1-3H3/t26-,29-/m0/s1. The van der Waals surface area contributed by atoms with Crippen LogP contribution in [0.2, 0.25) is 0 Å². The highest BCUT2D eigenvalue weighted by Gasteiger charge is 2.79. The van der Waals surface area contributed by atoms with Crippen LogP contribution >= 0.6 is 0 Å². The number of fused-ring (bicyclic) bond motifs is 2. The summed E-state index contributed by atoms with van der Waals surface area (Å²) in [7, 11) is -4.50. The quantitative estimate of drug-likeness (QED) is 0.318. The van der Waals surface area contributed by atoms with Crippen molar-refractivity contribution in [3.05, 3.63) is 101 Å². The number of nitrogens with zero attached hydrogens (tertiary/aromatic N) is 1. The van der Waals surface area contributed by atoms with Gasteiger partial charge in [-0.15, -0.1) is 0 Å². The molecule has 2 atom stereocenters. The Morgan fingerprint density at radius 1 is 0.897 bits per heavy atom. The minimum absolute atomic E-state index is 0.00323. The third-order valence-electron chi connectivity index (χ3n) is 7.51. The number of aryl methyl sites for hydroxylation is 1. The Morgan fingerprint density at radius 3 is 2.10 bits per heavy atom. The van der Waals surface area contributed by atoms with Crippen molar-refractivity contribution in [3.63, 3.8) is 0 Å². The molecule has 0 bridgehead atoms. The summed E-state index contributed by atoms with van der Waals surface area (Å²) in [4.78, 5) is 28.5. The smallest absolute Gasteiger partial charge is 0.342 e. The van der Waals surface area contributed by atoms with Crippen molar-refractivity contribution in [1.82, 2.24) is 4.31 Å². The molecule has 0 unspecified atom stereocenters. The molecule has 1 saturated heterocycles. The van der Waals surface area contributed by atoms with E-state index >= 15 is 0 Å². The molecule has 0 radical (unpaired) electrons. The first-order valence-corrected chi connectivity index (χ1v) is 14.4. The van der Waals surface area contributed by atoms with Crippen LogP contribution in [-0.4, -0.2) is 43.4 Å². The summed E-state index contributed by atoms with van der Waals surface area (Å²) in [5.41, 5.74) is -1.39. The zero-order valence-corrected chi connectivity index (χ0v) is 22.9. The Kier molecular flexibility index (Phi) is 7.09. The van der Waals surface area contributed by atoms with Crippen molar-refractivity contribution in [2.24, 2.45) is 0 Å². The average molecular weight is 550 g/mol. The van der Waals surface area contributed by atoms with Crippen LogP contribution in [0, 0.1) is 6.92 Å². The minimum atomic E-state index is -4.50. The van der Waals surface area contributed by atoms with Crippen LogP contribution in [0.1, 0.15) is 48.6 Å². The zero-order chi connectivity index (χ0) is 27.8. The highest BCUT2D eigenvalue weighted by atomic mass is 32.2. The van der Waals surface area contributed by atoms with Gasteiger partial charge in [0.05, 0.1) is 30.8 Å². The van der Waals surface area contributed by atoms with Gasteiger partial charge in [0.25, 0.3) is 5.54 Å². The molecule has 1 spiro atoms. The maximum atomic E-state index is 14.7. The normalized spacial score (nSPS) is 22.0. The van der Waals surface area contributed by atoms with Gasteiger partial charge in [-0.3, -0.25) is 0 Å². The first kappa shape index (κ1) is 27.1. The van der Waals surface area contributed by atoms with Crippen LogP contribution in [0.15, 0.2) is 83.8 Å². The van der Waals surface area contributed by atoms with E-state index in [4.69, 9.17) is 14.2 Å². The number of carbonyl (C=O) groups is 2. The maximum absolute atomic E-state index is 14.7. The van der Waals surface area contributed by atoms with Gasteiger partial charge in [0.2, 0.25) is 10.0 Å². The SMILES string of the molecule is CCOC(=O)C1(C(=O)OCC)N(S(=O)(=O)c2ccc(C)cc2)[C@H](c2ccccc2)C[C@@]12OCc1ccccc12. The van der Waals surface area contributed by atoms with E-state index in [0.29, 0.717) is 11.1 Å². The van der Waals surface area contributed by atoms with Crippen molar-refractivity contribution < 1.29 is 32.2 Å². The molecule has 3 aromatic carbocycles. The van der Waals surface area contributed by atoms with Gasteiger partial charge in [0.1, 0.15) is 5.60 Å². The number of benzene rings is 3. The highest BCUT2D eigenvalue weighted by molar-refractivity contribution is 7.89. The minimum Gasteiger partial charge on any atom is -0.464 e. The molecule has 8 nitrogen and oxygen atoms in total. The number of rotatable bonds is 7. The first-order valence-electron chi connectivity index (χ1n) is 13.0. The molecule has 0 aromatic heterocycles. The van der Waals surface area contributed by atoms with Gasteiger partial charge in [-0.05, 0) is 49.6 Å². The molecule has 39 heavy (non-hydrogen) atoms. The molecule has 2 heterocycles.